The van der Waals surface area contributed by atoms with E-state index in [-0.39, 0.29) is 5.54 Å². The molecule has 5 nitrogen and oxygen atoms in total. The van der Waals surface area contributed by atoms with Crippen molar-refractivity contribution in [3.8, 4) is 0 Å². The van der Waals surface area contributed by atoms with Crippen LogP contribution in [-0.4, -0.2) is 55.8 Å². The average Bonchev–Trinajstić information content (AvgIpc) is 2.82. The number of hydrogen-bond acceptors (Lipinski definition) is 6. The van der Waals surface area contributed by atoms with Crippen LogP contribution in [0.5, 0.6) is 0 Å². The second-order valence-electron chi connectivity index (χ2n) is 6.47. The Balaban J connectivity index is 2.04. The zero-order valence-electron chi connectivity index (χ0n) is 13.9. The lowest BCUT2D eigenvalue weighted by molar-refractivity contribution is 0.128. The van der Waals surface area contributed by atoms with E-state index in [0.717, 1.165) is 43.5 Å². The van der Waals surface area contributed by atoms with E-state index >= 15 is 0 Å². The average molecular weight is 312 g/mol. The van der Waals surface area contributed by atoms with E-state index in [9.17, 15) is 0 Å². The van der Waals surface area contributed by atoms with E-state index in [2.05, 4.69) is 35.9 Å². The van der Waals surface area contributed by atoms with E-state index in [0.29, 0.717) is 6.61 Å². The standard InChI is InChI=1S/C15H28N4OS/c1-15(2,3)19-8-6-18(7-9-19)14-17-12(11-20-5)13(21-14)10-16-4/h16H,6-11H2,1-5H3. The highest BCUT2D eigenvalue weighted by atomic mass is 32.1. The van der Waals surface area contributed by atoms with Crippen LogP contribution in [0, 0.1) is 0 Å². The number of piperazine rings is 1. The van der Waals surface area contributed by atoms with Gasteiger partial charge in [-0.1, -0.05) is 0 Å². The molecule has 0 spiro atoms. The summed E-state index contributed by atoms with van der Waals surface area (Å²) in [5.41, 5.74) is 1.33. The third-order valence-electron chi connectivity index (χ3n) is 3.88. The Morgan fingerprint density at radius 3 is 2.43 bits per heavy atom. The maximum absolute atomic E-state index is 5.27. The third kappa shape index (κ3) is 4.16. The Labute approximate surface area is 132 Å². The molecule has 0 amide bonds. The summed E-state index contributed by atoms with van der Waals surface area (Å²) in [5, 5.41) is 4.35. The van der Waals surface area contributed by atoms with Crippen LogP contribution >= 0.6 is 11.3 Å². The molecule has 6 heteroatoms. The molecule has 0 aromatic carbocycles. The van der Waals surface area contributed by atoms with Gasteiger partial charge in [0.05, 0.1) is 12.3 Å². The van der Waals surface area contributed by atoms with Gasteiger partial charge in [0.1, 0.15) is 0 Å². The Hall–Kier alpha value is -0.690. The van der Waals surface area contributed by atoms with Gasteiger partial charge < -0.3 is 15.0 Å². The summed E-state index contributed by atoms with van der Waals surface area (Å²) in [4.78, 5) is 11.0. The molecule has 1 fully saturated rings. The molecule has 1 aromatic rings. The highest BCUT2D eigenvalue weighted by molar-refractivity contribution is 7.15. The maximum atomic E-state index is 5.27. The van der Waals surface area contributed by atoms with Crippen molar-refractivity contribution in [2.75, 3.05) is 45.2 Å². The van der Waals surface area contributed by atoms with E-state index in [1.165, 1.54) is 4.88 Å². The lowest BCUT2D eigenvalue weighted by atomic mass is 10.1. The predicted molar refractivity (Wildman–Crippen MR) is 89.1 cm³/mol. The van der Waals surface area contributed by atoms with Gasteiger partial charge in [-0.05, 0) is 27.8 Å². The molecule has 21 heavy (non-hydrogen) atoms. The summed E-state index contributed by atoms with van der Waals surface area (Å²) in [5.74, 6) is 0. The minimum atomic E-state index is 0.257. The Morgan fingerprint density at radius 1 is 1.24 bits per heavy atom. The monoisotopic (exact) mass is 312 g/mol. The largest absolute Gasteiger partial charge is 0.378 e. The number of nitrogens with zero attached hydrogens (tertiary/aromatic N) is 3. The molecule has 0 aliphatic carbocycles. The number of rotatable bonds is 5. The third-order valence-corrected chi connectivity index (χ3v) is 5.04. The normalized spacial score (nSPS) is 17.5. The molecule has 0 saturated carbocycles. The number of nitrogens with one attached hydrogen (secondary N) is 1. The van der Waals surface area contributed by atoms with Gasteiger partial charge in [-0.3, -0.25) is 4.90 Å². The van der Waals surface area contributed by atoms with E-state index in [1.807, 2.05) is 7.05 Å². The molecule has 1 aromatic heterocycles. The summed E-state index contributed by atoms with van der Waals surface area (Å²) in [6.45, 7) is 12.6. The quantitative estimate of drug-likeness (QED) is 0.900. The first-order valence-corrected chi connectivity index (χ1v) is 8.39. The van der Waals surface area contributed by atoms with Crippen LogP contribution in [0.3, 0.4) is 0 Å². The molecular weight excluding hydrogens is 284 g/mol. The topological polar surface area (TPSA) is 40.6 Å². The van der Waals surface area contributed by atoms with Crippen molar-refractivity contribution in [3.63, 3.8) is 0 Å². The molecule has 1 N–H and O–H groups in total. The molecule has 0 bridgehead atoms. The van der Waals surface area contributed by atoms with Crippen molar-refractivity contribution in [3.05, 3.63) is 10.6 Å². The highest BCUT2D eigenvalue weighted by Crippen LogP contribution is 2.28. The SMILES string of the molecule is CNCc1sc(N2CCN(C(C)(C)C)CC2)nc1COC. The zero-order chi connectivity index (χ0) is 15.5. The van der Waals surface area contributed by atoms with Crippen molar-refractivity contribution in [1.82, 2.24) is 15.2 Å². The van der Waals surface area contributed by atoms with Crippen LogP contribution < -0.4 is 10.2 Å². The van der Waals surface area contributed by atoms with Gasteiger partial charge in [-0.2, -0.15) is 0 Å². The van der Waals surface area contributed by atoms with E-state index < -0.39 is 0 Å². The molecule has 1 aliphatic rings. The lowest BCUT2D eigenvalue weighted by Crippen LogP contribution is -2.53. The van der Waals surface area contributed by atoms with E-state index in [1.54, 1.807) is 18.4 Å². The molecule has 2 rings (SSSR count). The summed E-state index contributed by atoms with van der Waals surface area (Å²) in [6, 6.07) is 0. The fourth-order valence-electron chi connectivity index (χ4n) is 2.62. The minimum Gasteiger partial charge on any atom is -0.378 e. The van der Waals surface area contributed by atoms with Gasteiger partial charge in [0.15, 0.2) is 5.13 Å². The number of aromatic nitrogens is 1. The maximum Gasteiger partial charge on any atom is 0.186 e. The van der Waals surface area contributed by atoms with Gasteiger partial charge in [-0.15, -0.1) is 11.3 Å². The Kier molecular flexibility index (Phi) is 5.60. The fourth-order valence-corrected chi connectivity index (χ4v) is 3.75. The van der Waals surface area contributed by atoms with Crippen molar-refractivity contribution < 1.29 is 4.74 Å². The molecule has 0 radical (unpaired) electrons. The zero-order valence-corrected chi connectivity index (χ0v) is 14.7. The first-order chi connectivity index (χ1) is 9.95. The minimum absolute atomic E-state index is 0.257. The highest BCUT2D eigenvalue weighted by Gasteiger charge is 2.27. The Morgan fingerprint density at radius 2 is 1.90 bits per heavy atom. The predicted octanol–water partition coefficient (Wildman–Crippen LogP) is 1.93. The van der Waals surface area contributed by atoms with Crippen LogP contribution in [0.1, 0.15) is 31.3 Å². The molecule has 0 unspecified atom stereocenters. The summed E-state index contributed by atoms with van der Waals surface area (Å²) in [7, 11) is 3.70. The summed E-state index contributed by atoms with van der Waals surface area (Å²) < 4.78 is 5.27. The lowest BCUT2D eigenvalue weighted by Gasteiger charge is -2.42. The summed E-state index contributed by atoms with van der Waals surface area (Å²) >= 11 is 1.79. The number of methoxy groups -OCH3 is 1. The molecule has 1 aliphatic heterocycles. The van der Waals surface area contributed by atoms with Crippen LogP contribution in [0.15, 0.2) is 0 Å². The molecule has 120 valence electrons. The van der Waals surface area contributed by atoms with Gasteiger partial charge in [0, 0.05) is 50.2 Å². The van der Waals surface area contributed by atoms with Crippen LogP contribution in [0.25, 0.3) is 0 Å². The van der Waals surface area contributed by atoms with Gasteiger partial charge in [-0.25, -0.2) is 4.98 Å². The second-order valence-corrected chi connectivity index (χ2v) is 7.54. The van der Waals surface area contributed by atoms with E-state index in [4.69, 9.17) is 9.72 Å². The van der Waals surface area contributed by atoms with Crippen LogP contribution in [0.4, 0.5) is 5.13 Å². The van der Waals surface area contributed by atoms with Gasteiger partial charge in [0.25, 0.3) is 0 Å². The van der Waals surface area contributed by atoms with Crippen LogP contribution in [0.2, 0.25) is 0 Å². The number of thiazole rings is 1. The first-order valence-electron chi connectivity index (χ1n) is 7.58. The van der Waals surface area contributed by atoms with Crippen molar-refractivity contribution in [1.29, 1.82) is 0 Å². The first kappa shape index (κ1) is 16.7. The van der Waals surface area contributed by atoms with Gasteiger partial charge in [0.2, 0.25) is 0 Å². The molecule has 2 heterocycles. The van der Waals surface area contributed by atoms with Crippen molar-refractivity contribution in [2.45, 2.75) is 39.5 Å². The number of hydrogen-bond donors (Lipinski definition) is 1. The smallest absolute Gasteiger partial charge is 0.186 e. The number of anilines is 1. The second kappa shape index (κ2) is 7.05. The Bertz CT molecular complexity index is 424. The molecule has 0 atom stereocenters. The van der Waals surface area contributed by atoms with Crippen LogP contribution in [-0.2, 0) is 17.9 Å². The number of ether oxygens (including phenoxy) is 1. The van der Waals surface area contributed by atoms with Crippen molar-refractivity contribution in [2.24, 2.45) is 0 Å². The fraction of sp³-hybridized carbons (Fsp3) is 0.800. The van der Waals surface area contributed by atoms with Crippen molar-refractivity contribution >= 4 is 16.5 Å². The molecule has 1 saturated heterocycles. The molecular formula is C15H28N4OS. The summed E-state index contributed by atoms with van der Waals surface area (Å²) in [6.07, 6.45) is 0. The van der Waals surface area contributed by atoms with Gasteiger partial charge >= 0.3 is 0 Å².